The Morgan fingerprint density at radius 3 is 2.58 bits per heavy atom. The summed E-state index contributed by atoms with van der Waals surface area (Å²) in [4.78, 5) is 36.5. The molecule has 1 atom stereocenters. The zero-order valence-corrected chi connectivity index (χ0v) is 17.9. The highest BCUT2D eigenvalue weighted by Crippen LogP contribution is 2.29. The van der Waals surface area contributed by atoms with Gasteiger partial charge in [0.05, 0.1) is 19.1 Å². The molecule has 0 unspecified atom stereocenters. The van der Waals surface area contributed by atoms with Crippen molar-refractivity contribution >= 4 is 17.7 Å². The lowest BCUT2D eigenvalue weighted by atomic mass is 9.88. The number of amides is 1. The summed E-state index contributed by atoms with van der Waals surface area (Å²) in [7, 11) is 0. The zero-order chi connectivity index (χ0) is 22.1. The molecule has 1 aliphatic carbocycles. The van der Waals surface area contributed by atoms with E-state index in [2.05, 4.69) is 11.4 Å². The van der Waals surface area contributed by atoms with Crippen LogP contribution in [0.15, 0.2) is 48.5 Å². The van der Waals surface area contributed by atoms with Crippen LogP contribution in [0.1, 0.15) is 66.6 Å². The lowest BCUT2D eigenvalue weighted by Gasteiger charge is -2.26. The molecular formula is C25H29NO5. The van der Waals surface area contributed by atoms with Gasteiger partial charge < -0.3 is 14.8 Å². The normalized spacial score (nSPS) is 14.9. The molecule has 6 heteroatoms. The molecule has 0 aromatic heterocycles. The van der Waals surface area contributed by atoms with E-state index in [4.69, 9.17) is 9.47 Å². The van der Waals surface area contributed by atoms with Crippen LogP contribution in [-0.4, -0.2) is 30.9 Å². The Hall–Kier alpha value is -3.15. The van der Waals surface area contributed by atoms with Crippen LogP contribution in [0, 0.1) is 0 Å². The summed E-state index contributed by atoms with van der Waals surface area (Å²) in [5.41, 5.74) is 2.90. The molecule has 1 N–H and O–H groups in total. The summed E-state index contributed by atoms with van der Waals surface area (Å²) < 4.78 is 10.6. The highest BCUT2D eigenvalue weighted by atomic mass is 16.5. The van der Waals surface area contributed by atoms with E-state index in [-0.39, 0.29) is 37.2 Å². The molecule has 0 radical (unpaired) electrons. The number of Topliss-reactive ketones (excluding diaryl/α,β-unsaturated/α-hetero) is 1. The SMILES string of the molecule is CCCOc1ccc(C(=O)CCC(=O)OCC(=O)N[C@H]2CCCc3ccccc32)cc1. The van der Waals surface area contributed by atoms with Gasteiger partial charge in [-0.1, -0.05) is 31.2 Å². The van der Waals surface area contributed by atoms with Crippen molar-refractivity contribution in [2.24, 2.45) is 0 Å². The van der Waals surface area contributed by atoms with Gasteiger partial charge in [-0.05, 0) is 61.1 Å². The molecule has 1 amide bonds. The Morgan fingerprint density at radius 1 is 1.03 bits per heavy atom. The first-order valence-electron chi connectivity index (χ1n) is 10.9. The summed E-state index contributed by atoms with van der Waals surface area (Å²) in [5, 5.41) is 2.95. The van der Waals surface area contributed by atoms with Crippen LogP contribution in [0.5, 0.6) is 5.75 Å². The maximum atomic E-state index is 12.3. The van der Waals surface area contributed by atoms with E-state index in [0.717, 1.165) is 31.2 Å². The van der Waals surface area contributed by atoms with Crippen molar-refractivity contribution in [2.45, 2.75) is 51.5 Å². The number of benzene rings is 2. The quantitative estimate of drug-likeness (QED) is 0.458. The Bertz CT molecular complexity index is 906. The Labute approximate surface area is 182 Å². The molecule has 0 bridgehead atoms. The van der Waals surface area contributed by atoms with Gasteiger partial charge in [-0.15, -0.1) is 0 Å². The van der Waals surface area contributed by atoms with Crippen molar-refractivity contribution in [3.8, 4) is 5.75 Å². The van der Waals surface area contributed by atoms with Crippen molar-refractivity contribution in [3.63, 3.8) is 0 Å². The molecule has 0 heterocycles. The smallest absolute Gasteiger partial charge is 0.306 e. The summed E-state index contributed by atoms with van der Waals surface area (Å²) in [6.45, 7) is 2.31. The van der Waals surface area contributed by atoms with Gasteiger partial charge in [0, 0.05) is 12.0 Å². The number of aryl methyl sites for hydroxylation is 1. The maximum Gasteiger partial charge on any atom is 0.306 e. The van der Waals surface area contributed by atoms with Gasteiger partial charge in [-0.2, -0.15) is 0 Å². The molecule has 0 saturated carbocycles. The van der Waals surface area contributed by atoms with Gasteiger partial charge in [0.2, 0.25) is 0 Å². The van der Waals surface area contributed by atoms with E-state index in [1.807, 2.05) is 25.1 Å². The van der Waals surface area contributed by atoms with Crippen LogP contribution in [-0.2, 0) is 20.7 Å². The lowest BCUT2D eigenvalue weighted by Crippen LogP contribution is -2.34. The van der Waals surface area contributed by atoms with Gasteiger partial charge in [-0.25, -0.2) is 0 Å². The van der Waals surface area contributed by atoms with Crippen molar-refractivity contribution in [3.05, 3.63) is 65.2 Å². The molecule has 2 aromatic carbocycles. The second-order valence-electron chi connectivity index (χ2n) is 7.67. The first kappa shape index (κ1) is 22.5. The van der Waals surface area contributed by atoms with Gasteiger partial charge in [0.25, 0.3) is 5.91 Å². The fourth-order valence-electron chi connectivity index (χ4n) is 3.67. The maximum absolute atomic E-state index is 12.3. The number of ketones is 1. The molecule has 0 spiro atoms. The van der Waals surface area contributed by atoms with Gasteiger partial charge in [0.15, 0.2) is 12.4 Å². The highest BCUT2D eigenvalue weighted by molar-refractivity contribution is 5.97. The second-order valence-corrected chi connectivity index (χ2v) is 7.67. The van der Waals surface area contributed by atoms with Gasteiger partial charge >= 0.3 is 5.97 Å². The zero-order valence-electron chi connectivity index (χ0n) is 17.9. The lowest BCUT2D eigenvalue weighted by molar-refractivity contribution is -0.148. The van der Waals surface area contributed by atoms with Crippen molar-refractivity contribution in [2.75, 3.05) is 13.2 Å². The molecule has 164 valence electrons. The molecule has 0 aliphatic heterocycles. The van der Waals surface area contributed by atoms with E-state index in [1.54, 1.807) is 24.3 Å². The summed E-state index contributed by atoms with van der Waals surface area (Å²) in [5.74, 6) is -0.328. The highest BCUT2D eigenvalue weighted by Gasteiger charge is 2.22. The van der Waals surface area contributed by atoms with E-state index in [1.165, 1.54) is 5.56 Å². The Kier molecular flexibility index (Phi) is 8.21. The van der Waals surface area contributed by atoms with Gasteiger partial charge in [-0.3, -0.25) is 14.4 Å². The molecule has 6 nitrogen and oxygen atoms in total. The van der Waals surface area contributed by atoms with Crippen LogP contribution >= 0.6 is 0 Å². The van der Waals surface area contributed by atoms with Crippen LogP contribution in [0.25, 0.3) is 0 Å². The van der Waals surface area contributed by atoms with Gasteiger partial charge in [0.1, 0.15) is 5.75 Å². The number of carbonyl (C=O) groups is 3. The van der Waals surface area contributed by atoms with Crippen molar-refractivity contribution in [1.82, 2.24) is 5.32 Å². The molecule has 3 rings (SSSR count). The fourth-order valence-corrected chi connectivity index (χ4v) is 3.67. The fraction of sp³-hybridized carbons (Fsp3) is 0.400. The second kappa shape index (κ2) is 11.3. The first-order chi connectivity index (χ1) is 15.1. The number of fused-ring (bicyclic) bond motifs is 1. The monoisotopic (exact) mass is 423 g/mol. The number of carbonyl (C=O) groups excluding carboxylic acids is 3. The van der Waals surface area contributed by atoms with E-state index in [9.17, 15) is 14.4 Å². The number of ether oxygens (including phenoxy) is 2. The predicted molar refractivity (Wildman–Crippen MR) is 117 cm³/mol. The number of esters is 1. The summed E-state index contributed by atoms with van der Waals surface area (Å²) >= 11 is 0. The molecule has 0 saturated heterocycles. The topological polar surface area (TPSA) is 81.7 Å². The van der Waals surface area contributed by atoms with Crippen LogP contribution in [0.3, 0.4) is 0 Å². The predicted octanol–water partition coefficient (Wildman–Crippen LogP) is 4.18. The standard InChI is InChI=1S/C25H29NO5/c1-2-16-30-20-12-10-19(11-13-20)23(27)14-15-25(29)31-17-24(28)26-22-9-5-7-18-6-3-4-8-21(18)22/h3-4,6,8,10-13,22H,2,5,7,9,14-17H2,1H3,(H,26,28)/t22-/m0/s1. The summed E-state index contributed by atoms with van der Waals surface area (Å²) in [6, 6.07) is 14.9. The van der Waals surface area contributed by atoms with Crippen LogP contribution in [0.2, 0.25) is 0 Å². The third kappa shape index (κ3) is 6.67. The van der Waals surface area contributed by atoms with Crippen LogP contribution in [0.4, 0.5) is 0 Å². The van der Waals surface area contributed by atoms with E-state index >= 15 is 0 Å². The van der Waals surface area contributed by atoms with Crippen molar-refractivity contribution in [1.29, 1.82) is 0 Å². The minimum atomic E-state index is -0.560. The third-order valence-corrected chi connectivity index (χ3v) is 5.27. The average molecular weight is 424 g/mol. The molecule has 2 aromatic rings. The number of hydrogen-bond donors (Lipinski definition) is 1. The Balaban J connectivity index is 1.39. The molecule has 0 fully saturated rings. The number of nitrogens with one attached hydrogen (secondary N) is 1. The number of rotatable bonds is 10. The Morgan fingerprint density at radius 2 is 1.81 bits per heavy atom. The average Bonchev–Trinajstić information content (AvgIpc) is 2.80. The molecular weight excluding hydrogens is 394 g/mol. The van der Waals surface area contributed by atoms with Crippen molar-refractivity contribution < 1.29 is 23.9 Å². The summed E-state index contributed by atoms with van der Waals surface area (Å²) in [6.07, 6.45) is 3.77. The minimum absolute atomic E-state index is 0.0333. The molecule has 1 aliphatic rings. The minimum Gasteiger partial charge on any atom is -0.494 e. The largest absolute Gasteiger partial charge is 0.494 e. The van der Waals surface area contributed by atoms with E-state index < -0.39 is 5.97 Å². The van der Waals surface area contributed by atoms with E-state index in [0.29, 0.717) is 17.9 Å². The first-order valence-corrected chi connectivity index (χ1v) is 10.9. The number of hydrogen-bond acceptors (Lipinski definition) is 5. The van der Waals surface area contributed by atoms with Crippen LogP contribution < -0.4 is 10.1 Å². The molecule has 31 heavy (non-hydrogen) atoms. The third-order valence-electron chi connectivity index (χ3n) is 5.27.